The minimum Gasteiger partial charge on any atom is -0.379 e. The molecule has 6 heteroatoms. The van der Waals surface area contributed by atoms with Crippen molar-refractivity contribution in [2.24, 2.45) is 0 Å². The van der Waals surface area contributed by atoms with Gasteiger partial charge in [-0.3, -0.25) is 14.6 Å². The van der Waals surface area contributed by atoms with Gasteiger partial charge < -0.3 is 10.1 Å². The highest BCUT2D eigenvalue weighted by Crippen LogP contribution is 2.23. The Morgan fingerprint density at radius 1 is 1.07 bits per heavy atom. The molecule has 0 aliphatic carbocycles. The lowest BCUT2D eigenvalue weighted by Crippen LogP contribution is -2.43. The Morgan fingerprint density at radius 3 is 2.30 bits per heavy atom. The van der Waals surface area contributed by atoms with E-state index in [0.717, 1.165) is 38.3 Å². The molecule has 0 spiro atoms. The van der Waals surface area contributed by atoms with Crippen LogP contribution < -0.4 is 5.32 Å². The van der Waals surface area contributed by atoms with Gasteiger partial charge in [0.1, 0.15) is 0 Å². The average Bonchev–Trinajstić information content (AvgIpc) is 2.79. The van der Waals surface area contributed by atoms with Gasteiger partial charge in [-0.25, -0.2) is 0 Å². The highest BCUT2D eigenvalue weighted by Gasteiger charge is 2.23. The summed E-state index contributed by atoms with van der Waals surface area (Å²) >= 11 is 6.07. The number of carbonyl (C=O) groups is 1. The van der Waals surface area contributed by atoms with Crippen LogP contribution in [0.4, 0.5) is 0 Å². The van der Waals surface area contributed by atoms with Crippen molar-refractivity contribution in [2.75, 3.05) is 45.9 Å². The molecule has 0 aromatic heterocycles. The molecule has 162 valence electrons. The summed E-state index contributed by atoms with van der Waals surface area (Å²) in [7, 11) is 0. The van der Waals surface area contributed by atoms with Crippen molar-refractivity contribution in [1.82, 2.24) is 15.1 Å². The Kier molecular flexibility index (Phi) is 8.70. The van der Waals surface area contributed by atoms with Gasteiger partial charge in [-0.2, -0.15) is 0 Å². The van der Waals surface area contributed by atoms with Crippen molar-refractivity contribution in [3.63, 3.8) is 0 Å². The molecule has 0 saturated carbocycles. The standard InChI is InChI=1S/C24H32ClN3O2/c1-3-27(4-2)18-19-5-7-21(8-6-19)24(29)26-17-23(28-13-15-30-16-14-28)20-9-11-22(25)12-10-20/h5-12,23H,3-4,13-18H2,1-2H3,(H,26,29)/t23-/m1/s1. The number of amides is 1. The van der Waals surface area contributed by atoms with E-state index in [2.05, 4.69) is 29.0 Å². The van der Waals surface area contributed by atoms with E-state index in [9.17, 15) is 4.79 Å². The van der Waals surface area contributed by atoms with Crippen molar-refractivity contribution >= 4 is 17.5 Å². The summed E-state index contributed by atoms with van der Waals surface area (Å²) in [5, 5.41) is 3.84. The molecule has 1 aliphatic heterocycles. The van der Waals surface area contributed by atoms with E-state index in [1.54, 1.807) is 0 Å². The van der Waals surface area contributed by atoms with E-state index >= 15 is 0 Å². The summed E-state index contributed by atoms with van der Waals surface area (Å²) in [6.07, 6.45) is 0. The fraction of sp³-hybridized carbons (Fsp3) is 0.458. The summed E-state index contributed by atoms with van der Waals surface area (Å²) in [5.41, 5.74) is 3.06. The van der Waals surface area contributed by atoms with E-state index in [1.807, 2.05) is 48.5 Å². The maximum atomic E-state index is 12.8. The maximum absolute atomic E-state index is 12.8. The number of nitrogens with zero attached hydrogens (tertiary/aromatic N) is 2. The fourth-order valence-corrected chi connectivity index (χ4v) is 3.92. The van der Waals surface area contributed by atoms with Crippen LogP contribution in [0.25, 0.3) is 0 Å². The van der Waals surface area contributed by atoms with Crippen LogP contribution in [-0.4, -0.2) is 61.6 Å². The highest BCUT2D eigenvalue weighted by atomic mass is 35.5. The van der Waals surface area contributed by atoms with Gasteiger partial charge >= 0.3 is 0 Å². The predicted octanol–water partition coefficient (Wildman–Crippen LogP) is 3.99. The molecule has 5 nitrogen and oxygen atoms in total. The molecular formula is C24H32ClN3O2. The second-order valence-corrected chi connectivity index (χ2v) is 8.02. The van der Waals surface area contributed by atoms with Crippen LogP contribution >= 0.6 is 11.6 Å². The molecule has 1 heterocycles. The minimum atomic E-state index is -0.0448. The lowest BCUT2D eigenvalue weighted by atomic mass is 10.0. The molecule has 1 N–H and O–H groups in total. The molecule has 3 rings (SSSR count). The molecule has 1 fully saturated rings. The topological polar surface area (TPSA) is 44.8 Å². The van der Waals surface area contributed by atoms with Crippen molar-refractivity contribution < 1.29 is 9.53 Å². The summed E-state index contributed by atoms with van der Waals surface area (Å²) in [6.45, 7) is 10.9. The molecule has 0 unspecified atom stereocenters. The van der Waals surface area contributed by atoms with Crippen molar-refractivity contribution in [1.29, 1.82) is 0 Å². The summed E-state index contributed by atoms with van der Waals surface area (Å²) in [5.74, 6) is -0.0448. The zero-order valence-corrected chi connectivity index (χ0v) is 18.7. The quantitative estimate of drug-likeness (QED) is 0.654. The molecule has 1 atom stereocenters. The number of halogens is 1. The van der Waals surface area contributed by atoms with Crippen molar-refractivity contribution in [3.8, 4) is 0 Å². The minimum absolute atomic E-state index is 0.0448. The lowest BCUT2D eigenvalue weighted by Gasteiger charge is -2.35. The molecule has 0 radical (unpaired) electrons. The van der Waals surface area contributed by atoms with Crippen molar-refractivity contribution in [3.05, 3.63) is 70.2 Å². The highest BCUT2D eigenvalue weighted by molar-refractivity contribution is 6.30. The average molecular weight is 430 g/mol. The smallest absolute Gasteiger partial charge is 0.251 e. The zero-order valence-electron chi connectivity index (χ0n) is 17.9. The fourth-order valence-electron chi connectivity index (χ4n) is 3.79. The number of nitrogens with one attached hydrogen (secondary N) is 1. The number of hydrogen-bond acceptors (Lipinski definition) is 4. The summed E-state index contributed by atoms with van der Waals surface area (Å²) < 4.78 is 5.50. The van der Waals surface area contributed by atoms with E-state index in [0.29, 0.717) is 30.3 Å². The van der Waals surface area contributed by atoms with Crippen LogP contribution in [0.1, 0.15) is 41.4 Å². The molecule has 0 bridgehead atoms. The van der Waals surface area contributed by atoms with Gasteiger partial charge in [0, 0.05) is 36.8 Å². The van der Waals surface area contributed by atoms with Gasteiger partial charge in [0.2, 0.25) is 0 Å². The monoisotopic (exact) mass is 429 g/mol. The van der Waals surface area contributed by atoms with Crippen LogP contribution in [0.3, 0.4) is 0 Å². The molecular weight excluding hydrogens is 398 g/mol. The lowest BCUT2D eigenvalue weighted by molar-refractivity contribution is 0.0162. The Morgan fingerprint density at radius 2 is 1.70 bits per heavy atom. The first kappa shape index (κ1) is 22.8. The zero-order chi connectivity index (χ0) is 21.3. The van der Waals surface area contributed by atoms with Gasteiger partial charge in [-0.05, 0) is 48.5 Å². The van der Waals surface area contributed by atoms with E-state index < -0.39 is 0 Å². The Hall–Kier alpha value is -1.92. The number of rotatable bonds is 9. The first-order valence-electron chi connectivity index (χ1n) is 10.8. The van der Waals surface area contributed by atoms with E-state index in [4.69, 9.17) is 16.3 Å². The number of benzene rings is 2. The SMILES string of the molecule is CCN(CC)Cc1ccc(C(=O)NC[C@H](c2ccc(Cl)cc2)N2CCOCC2)cc1. The van der Waals surface area contributed by atoms with Gasteiger partial charge in [-0.1, -0.05) is 49.7 Å². The molecule has 2 aromatic carbocycles. The number of hydrogen-bond donors (Lipinski definition) is 1. The summed E-state index contributed by atoms with van der Waals surface area (Å²) in [4.78, 5) is 17.5. The largest absolute Gasteiger partial charge is 0.379 e. The van der Waals surface area contributed by atoms with Crippen LogP contribution in [-0.2, 0) is 11.3 Å². The van der Waals surface area contributed by atoms with Crippen LogP contribution in [0.2, 0.25) is 5.02 Å². The summed E-state index contributed by atoms with van der Waals surface area (Å²) in [6, 6.07) is 15.9. The third-order valence-corrected chi connectivity index (χ3v) is 5.97. The first-order valence-corrected chi connectivity index (χ1v) is 11.1. The molecule has 2 aromatic rings. The van der Waals surface area contributed by atoms with Crippen LogP contribution in [0, 0.1) is 0 Å². The Balaban J connectivity index is 1.64. The van der Waals surface area contributed by atoms with Gasteiger partial charge in [-0.15, -0.1) is 0 Å². The third kappa shape index (κ3) is 6.29. The maximum Gasteiger partial charge on any atom is 0.251 e. The van der Waals surface area contributed by atoms with Gasteiger partial charge in [0.05, 0.1) is 19.3 Å². The Bertz CT molecular complexity index is 785. The van der Waals surface area contributed by atoms with Crippen molar-refractivity contribution in [2.45, 2.75) is 26.4 Å². The molecule has 1 aliphatic rings. The number of ether oxygens (including phenoxy) is 1. The van der Waals surface area contributed by atoms with E-state index in [-0.39, 0.29) is 11.9 Å². The Labute approximate surface area is 185 Å². The molecule has 1 amide bonds. The normalized spacial score (nSPS) is 15.9. The molecule has 1 saturated heterocycles. The van der Waals surface area contributed by atoms with Gasteiger partial charge in [0.25, 0.3) is 5.91 Å². The van der Waals surface area contributed by atoms with Crippen LogP contribution in [0.5, 0.6) is 0 Å². The third-order valence-electron chi connectivity index (χ3n) is 5.71. The predicted molar refractivity (Wildman–Crippen MR) is 122 cm³/mol. The second kappa shape index (κ2) is 11.5. The van der Waals surface area contributed by atoms with Gasteiger partial charge in [0.15, 0.2) is 0 Å². The van der Waals surface area contributed by atoms with E-state index in [1.165, 1.54) is 5.56 Å². The number of morpholine rings is 1. The second-order valence-electron chi connectivity index (χ2n) is 7.58. The molecule has 30 heavy (non-hydrogen) atoms. The first-order chi connectivity index (χ1) is 14.6. The number of carbonyl (C=O) groups excluding carboxylic acids is 1. The van der Waals surface area contributed by atoms with Crippen LogP contribution in [0.15, 0.2) is 48.5 Å².